The number of ether oxygens (including phenoxy) is 5. The van der Waals surface area contributed by atoms with Crippen LogP contribution in [0.2, 0.25) is 0 Å². The number of fused-ring (bicyclic) bond motifs is 4. The van der Waals surface area contributed by atoms with Crippen molar-refractivity contribution in [1.82, 2.24) is 0 Å². The number of Topliss-reactive ketones (excluding diaryl/α,β-unsaturated/α-hetero) is 1. The summed E-state index contributed by atoms with van der Waals surface area (Å²) in [4.78, 5) is 13.8. The first-order valence-electron chi connectivity index (χ1n) is 20.6. The predicted octanol–water partition coefficient (Wildman–Crippen LogP) is 1.33. The van der Waals surface area contributed by atoms with Gasteiger partial charge in [0.05, 0.1) is 48.3 Å². The van der Waals surface area contributed by atoms with Crippen molar-refractivity contribution >= 4 is 5.78 Å². The number of aliphatic hydroxyl groups excluding tert-OH is 8. The Morgan fingerprint density at radius 1 is 0.893 bits per heavy atom. The van der Waals surface area contributed by atoms with Crippen LogP contribution in [0.15, 0.2) is 11.5 Å². The van der Waals surface area contributed by atoms with Crippen molar-refractivity contribution < 1.29 is 74.4 Å². The van der Waals surface area contributed by atoms with Gasteiger partial charge in [0.15, 0.2) is 11.5 Å². The van der Waals surface area contributed by atoms with Gasteiger partial charge in [0.1, 0.15) is 36.3 Å². The highest BCUT2D eigenvalue weighted by Gasteiger charge is 2.76. The number of carbonyl (C=O) groups is 1. The van der Waals surface area contributed by atoms with Gasteiger partial charge in [0.2, 0.25) is 12.6 Å². The van der Waals surface area contributed by atoms with Gasteiger partial charge >= 0.3 is 0 Å². The standard InChI is InChI=1S/C41H66O15/c1-36(2)25(45)9-12-38(5)24-16-21(44)27-19(40(7)13-10-26(56-40)37(3,4)51)8-14-41(27)39(24,6)17-22(33(36)38)53-34(50)32(28(46)20(43)11-15-52-41)55-35-31(49)30(48)29(47)23(18-42)54-35/h19-24,26-27,29-31,33-35,42-44,46-51H,8-18H2,1-7H3/b32-28+/t19?,20-,21+,22-,23?,24?,26+,27?,29-,30?,31?,33?,34+,35+,38+,39+,40-,41-/m0/s1. The van der Waals surface area contributed by atoms with Crippen molar-refractivity contribution in [2.45, 2.75) is 184 Å². The van der Waals surface area contributed by atoms with Gasteiger partial charge < -0.3 is 69.6 Å². The fourth-order valence-corrected chi connectivity index (χ4v) is 13.4. The summed E-state index contributed by atoms with van der Waals surface area (Å²) < 4.78 is 31.8. The van der Waals surface area contributed by atoms with Gasteiger partial charge in [0.25, 0.3) is 0 Å². The summed E-state index contributed by atoms with van der Waals surface area (Å²) in [5.74, 6) is -2.71. The van der Waals surface area contributed by atoms with E-state index in [1.54, 1.807) is 13.8 Å². The molecule has 15 nitrogen and oxygen atoms in total. The molecule has 7 unspecified atom stereocenters. The average Bonchev–Trinajstić information content (AvgIpc) is 3.73. The SMILES string of the molecule is CC1(C)C(=O)CC[C@@]2(C)C1[C@@H]1C[C@]3(C)C2C[C@@H](O)C2C([C@]4(C)CC[C@H](C(C)(C)O)O4)CC[C@]23OCC[C@H](O)/C(O)=C(\O[C@H]2OC(CO)[C@H](O)C(O)C2O)[C@H](O)O1. The van der Waals surface area contributed by atoms with Crippen LogP contribution in [0.5, 0.6) is 0 Å². The fourth-order valence-electron chi connectivity index (χ4n) is 13.4. The first-order chi connectivity index (χ1) is 26.0. The highest BCUT2D eigenvalue weighted by Crippen LogP contribution is 2.74. The molecule has 18 atom stereocenters. The quantitative estimate of drug-likeness (QED) is 0.191. The van der Waals surface area contributed by atoms with Crippen LogP contribution >= 0.6 is 0 Å². The Hall–Kier alpha value is -1.47. The van der Waals surface area contributed by atoms with Crippen LogP contribution in [0.1, 0.15) is 106 Å². The van der Waals surface area contributed by atoms with Crippen LogP contribution < -0.4 is 0 Å². The molecule has 6 fully saturated rings. The van der Waals surface area contributed by atoms with E-state index in [0.717, 1.165) is 0 Å². The normalized spacial score (nSPS) is 53.7. The lowest BCUT2D eigenvalue weighted by Crippen LogP contribution is -2.73. The third-order valence-electron chi connectivity index (χ3n) is 16.1. The molecule has 0 radical (unpaired) electrons. The summed E-state index contributed by atoms with van der Waals surface area (Å²) in [6.45, 7) is 12.8. The smallest absolute Gasteiger partial charge is 0.229 e. The average molecular weight is 799 g/mol. The molecule has 0 aromatic heterocycles. The van der Waals surface area contributed by atoms with Crippen LogP contribution in [-0.4, -0.2) is 143 Å². The molecular weight excluding hydrogens is 732 g/mol. The van der Waals surface area contributed by atoms with Crippen molar-refractivity contribution in [2.24, 2.45) is 39.9 Å². The monoisotopic (exact) mass is 798 g/mol. The molecule has 1 spiro atoms. The molecule has 4 saturated carbocycles. The summed E-state index contributed by atoms with van der Waals surface area (Å²) in [6, 6.07) is 0. The number of ketones is 1. The molecule has 7 rings (SSSR count). The van der Waals surface area contributed by atoms with Gasteiger partial charge in [0, 0.05) is 35.5 Å². The molecule has 4 aliphatic carbocycles. The van der Waals surface area contributed by atoms with Crippen molar-refractivity contribution in [3.8, 4) is 0 Å². The maximum absolute atomic E-state index is 13.8. The second kappa shape index (κ2) is 14.3. The highest BCUT2D eigenvalue weighted by molar-refractivity contribution is 5.85. The van der Waals surface area contributed by atoms with Gasteiger partial charge in [-0.3, -0.25) is 4.79 Å². The number of aliphatic hydroxyl groups is 9. The van der Waals surface area contributed by atoms with Gasteiger partial charge in [-0.25, -0.2) is 0 Å². The van der Waals surface area contributed by atoms with E-state index in [2.05, 4.69) is 20.8 Å². The number of hydrogen-bond donors (Lipinski definition) is 9. The molecule has 3 heterocycles. The van der Waals surface area contributed by atoms with E-state index < -0.39 is 118 Å². The third kappa shape index (κ3) is 6.32. The van der Waals surface area contributed by atoms with E-state index in [1.807, 2.05) is 13.8 Å². The molecule has 2 saturated heterocycles. The first kappa shape index (κ1) is 42.6. The topological polar surface area (TPSA) is 245 Å². The maximum atomic E-state index is 13.8. The van der Waals surface area contributed by atoms with E-state index >= 15 is 0 Å². The van der Waals surface area contributed by atoms with E-state index in [0.29, 0.717) is 51.4 Å². The summed E-state index contributed by atoms with van der Waals surface area (Å²) in [6.07, 6.45) is -10.4. The largest absolute Gasteiger partial charge is 0.506 e. The van der Waals surface area contributed by atoms with Crippen molar-refractivity contribution in [2.75, 3.05) is 13.2 Å². The van der Waals surface area contributed by atoms with Gasteiger partial charge in [-0.1, -0.05) is 27.7 Å². The molecular formula is C41H66O15. The lowest BCUT2D eigenvalue weighted by atomic mass is 9.36. The fraction of sp³-hybridized carbons (Fsp3) is 0.927. The zero-order chi connectivity index (χ0) is 41.1. The molecule has 0 aromatic rings. The molecule has 320 valence electrons. The Kier molecular flexibility index (Phi) is 10.9. The van der Waals surface area contributed by atoms with Crippen LogP contribution in [0.3, 0.4) is 0 Å². The molecule has 3 aliphatic heterocycles. The second-order valence-corrected chi connectivity index (χ2v) is 20.0. The molecule has 2 bridgehead atoms. The predicted molar refractivity (Wildman–Crippen MR) is 196 cm³/mol. The van der Waals surface area contributed by atoms with Crippen LogP contribution in [0, 0.1) is 39.9 Å². The maximum Gasteiger partial charge on any atom is 0.229 e. The molecule has 56 heavy (non-hydrogen) atoms. The summed E-state index contributed by atoms with van der Waals surface area (Å²) in [5.41, 5.74) is -4.95. The number of rotatable bonds is 5. The third-order valence-corrected chi connectivity index (χ3v) is 16.1. The number of carbonyl (C=O) groups excluding carboxylic acids is 1. The summed E-state index contributed by atoms with van der Waals surface area (Å²) in [7, 11) is 0. The van der Waals surface area contributed by atoms with Crippen molar-refractivity contribution in [3.05, 3.63) is 11.5 Å². The Morgan fingerprint density at radius 2 is 1.59 bits per heavy atom. The molecule has 0 amide bonds. The Balaban J connectivity index is 1.32. The zero-order valence-corrected chi connectivity index (χ0v) is 33.8. The van der Waals surface area contributed by atoms with E-state index in [4.69, 9.17) is 23.7 Å². The van der Waals surface area contributed by atoms with Crippen molar-refractivity contribution in [3.63, 3.8) is 0 Å². The van der Waals surface area contributed by atoms with Gasteiger partial charge in [-0.2, -0.15) is 0 Å². The lowest BCUT2D eigenvalue weighted by Gasteiger charge is -2.71. The van der Waals surface area contributed by atoms with Gasteiger partial charge in [-0.05, 0) is 83.0 Å². The van der Waals surface area contributed by atoms with Crippen molar-refractivity contribution in [1.29, 1.82) is 0 Å². The minimum atomic E-state index is -2.07. The van der Waals surface area contributed by atoms with Crippen LogP contribution in [-0.2, 0) is 28.5 Å². The molecule has 0 aromatic carbocycles. The minimum absolute atomic E-state index is 0.0354. The second-order valence-electron chi connectivity index (χ2n) is 20.0. The lowest BCUT2D eigenvalue weighted by molar-refractivity contribution is -0.322. The zero-order valence-electron chi connectivity index (χ0n) is 33.8. The Labute approximate surface area is 328 Å². The van der Waals surface area contributed by atoms with Crippen LogP contribution in [0.4, 0.5) is 0 Å². The minimum Gasteiger partial charge on any atom is -0.506 e. The molecule has 9 N–H and O–H groups in total. The summed E-state index contributed by atoms with van der Waals surface area (Å²) >= 11 is 0. The molecule has 15 heteroatoms. The van der Waals surface area contributed by atoms with Gasteiger partial charge in [-0.15, -0.1) is 0 Å². The Bertz CT molecular complexity index is 1530. The first-order valence-corrected chi connectivity index (χ1v) is 20.6. The van der Waals surface area contributed by atoms with Crippen LogP contribution in [0.25, 0.3) is 0 Å². The van der Waals surface area contributed by atoms with E-state index in [1.165, 1.54) is 0 Å². The van der Waals surface area contributed by atoms with E-state index in [-0.39, 0.29) is 36.8 Å². The Morgan fingerprint density at radius 3 is 2.23 bits per heavy atom. The van der Waals surface area contributed by atoms with E-state index in [9.17, 15) is 50.8 Å². The number of hydrogen-bond acceptors (Lipinski definition) is 15. The summed E-state index contributed by atoms with van der Waals surface area (Å²) in [5, 5.41) is 99.8. The molecule has 7 aliphatic rings. The highest BCUT2D eigenvalue weighted by atomic mass is 16.7.